The van der Waals surface area contributed by atoms with Gasteiger partial charge in [-0.25, -0.2) is 0 Å². The van der Waals surface area contributed by atoms with E-state index in [1.54, 1.807) is 0 Å². The van der Waals surface area contributed by atoms with Crippen molar-refractivity contribution in [3.8, 4) is 11.5 Å². The van der Waals surface area contributed by atoms with Crippen molar-refractivity contribution in [1.82, 2.24) is 4.90 Å². The first-order valence-corrected chi connectivity index (χ1v) is 10.1. The van der Waals surface area contributed by atoms with Crippen LogP contribution < -0.4 is 20.5 Å². The summed E-state index contributed by atoms with van der Waals surface area (Å²) in [6.45, 7) is 3.93. The van der Waals surface area contributed by atoms with Crippen molar-refractivity contribution >= 4 is 11.6 Å². The van der Waals surface area contributed by atoms with Crippen LogP contribution in [0.15, 0.2) is 47.5 Å². The van der Waals surface area contributed by atoms with Crippen LogP contribution in [0, 0.1) is 0 Å². The van der Waals surface area contributed by atoms with E-state index in [2.05, 4.69) is 39.5 Å². The summed E-state index contributed by atoms with van der Waals surface area (Å²) in [5.74, 6) is 1.70. The number of nitrogens with zero attached hydrogens (tertiary/aromatic N) is 2. The summed E-state index contributed by atoms with van der Waals surface area (Å²) < 4.78 is 11.3. The molecule has 0 spiro atoms. The number of hydrogen-bond acceptors (Lipinski definition) is 5. The van der Waals surface area contributed by atoms with Gasteiger partial charge in [0.15, 0.2) is 17.5 Å². The standard InChI is InChI=1S/C22H28N4O3/c23-22(25-18-6-7-20-21(12-18)29-11-3-10-28-20)24-13-19(27)15-26-9-8-16-4-1-2-5-17(16)14-26/h1-2,4-7,12,19,27H,3,8-11,13-15H2,(H3,23,24,25). The topological polar surface area (TPSA) is 92.3 Å². The van der Waals surface area contributed by atoms with E-state index < -0.39 is 6.10 Å². The number of anilines is 1. The summed E-state index contributed by atoms with van der Waals surface area (Å²) in [5.41, 5.74) is 9.52. The first-order chi connectivity index (χ1) is 14.2. The van der Waals surface area contributed by atoms with Crippen LogP contribution in [-0.2, 0) is 13.0 Å². The number of ether oxygens (including phenoxy) is 2. The van der Waals surface area contributed by atoms with E-state index >= 15 is 0 Å². The molecule has 0 aliphatic carbocycles. The van der Waals surface area contributed by atoms with Crippen LogP contribution in [0.1, 0.15) is 17.5 Å². The fourth-order valence-corrected chi connectivity index (χ4v) is 3.70. The molecule has 154 valence electrons. The molecule has 2 aromatic carbocycles. The Hall–Kier alpha value is -2.77. The molecule has 0 fully saturated rings. The summed E-state index contributed by atoms with van der Waals surface area (Å²) in [5, 5.41) is 13.4. The van der Waals surface area contributed by atoms with Gasteiger partial charge in [-0.3, -0.25) is 9.89 Å². The van der Waals surface area contributed by atoms with Gasteiger partial charge in [0.1, 0.15) is 0 Å². The zero-order valence-corrected chi connectivity index (χ0v) is 16.5. The van der Waals surface area contributed by atoms with Gasteiger partial charge in [0.25, 0.3) is 0 Å². The molecule has 4 N–H and O–H groups in total. The average molecular weight is 396 g/mol. The van der Waals surface area contributed by atoms with Crippen LogP contribution in [0.2, 0.25) is 0 Å². The van der Waals surface area contributed by atoms with E-state index in [0.29, 0.717) is 25.5 Å². The summed E-state index contributed by atoms with van der Waals surface area (Å²) in [7, 11) is 0. The van der Waals surface area contributed by atoms with E-state index in [4.69, 9.17) is 15.2 Å². The average Bonchev–Trinajstić information content (AvgIpc) is 2.97. The Kier molecular flexibility index (Phi) is 6.17. The number of aliphatic imine (C=N–C) groups is 1. The van der Waals surface area contributed by atoms with Crippen molar-refractivity contribution in [2.45, 2.75) is 25.5 Å². The van der Waals surface area contributed by atoms with E-state index in [1.807, 2.05) is 18.2 Å². The Morgan fingerprint density at radius 3 is 2.79 bits per heavy atom. The molecule has 1 atom stereocenters. The van der Waals surface area contributed by atoms with E-state index in [-0.39, 0.29) is 12.5 Å². The molecule has 2 aliphatic rings. The van der Waals surface area contributed by atoms with E-state index in [0.717, 1.165) is 37.4 Å². The Morgan fingerprint density at radius 1 is 1.14 bits per heavy atom. The lowest BCUT2D eigenvalue weighted by molar-refractivity contribution is 0.112. The van der Waals surface area contributed by atoms with Gasteiger partial charge in [-0.1, -0.05) is 24.3 Å². The molecule has 0 saturated carbocycles. The smallest absolute Gasteiger partial charge is 0.193 e. The number of hydrogen-bond donors (Lipinski definition) is 3. The number of benzene rings is 2. The summed E-state index contributed by atoms with van der Waals surface area (Å²) >= 11 is 0. The molecular formula is C22H28N4O3. The van der Waals surface area contributed by atoms with Crippen molar-refractivity contribution in [3.05, 3.63) is 53.6 Å². The number of guanidine groups is 1. The third-order valence-corrected chi connectivity index (χ3v) is 5.17. The highest BCUT2D eigenvalue weighted by Crippen LogP contribution is 2.32. The highest BCUT2D eigenvalue weighted by atomic mass is 16.5. The minimum absolute atomic E-state index is 0.252. The quantitative estimate of drug-likeness (QED) is 0.529. The maximum Gasteiger partial charge on any atom is 0.193 e. The molecule has 0 radical (unpaired) electrons. The number of aliphatic hydroxyl groups excluding tert-OH is 1. The first-order valence-electron chi connectivity index (χ1n) is 10.1. The molecule has 2 aliphatic heterocycles. The third kappa shape index (κ3) is 5.19. The van der Waals surface area contributed by atoms with Crippen molar-refractivity contribution in [3.63, 3.8) is 0 Å². The zero-order valence-electron chi connectivity index (χ0n) is 16.5. The van der Waals surface area contributed by atoms with Gasteiger partial charge in [-0.05, 0) is 29.7 Å². The lowest BCUT2D eigenvalue weighted by Gasteiger charge is -2.30. The molecule has 7 heteroatoms. The highest BCUT2D eigenvalue weighted by molar-refractivity contribution is 5.92. The summed E-state index contributed by atoms with van der Waals surface area (Å²) in [6, 6.07) is 14.1. The van der Waals surface area contributed by atoms with Crippen LogP contribution >= 0.6 is 0 Å². The minimum atomic E-state index is -0.565. The number of β-amino-alcohol motifs (C(OH)–C–C–N with tert-alkyl or cyclic N) is 1. The van der Waals surface area contributed by atoms with Crippen molar-refractivity contribution in [2.75, 3.05) is 38.2 Å². The molecule has 4 rings (SSSR count). The van der Waals surface area contributed by atoms with Gasteiger partial charge in [-0.15, -0.1) is 0 Å². The van der Waals surface area contributed by atoms with E-state index in [1.165, 1.54) is 11.1 Å². The normalized spacial score (nSPS) is 17.9. The van der Waals surface area contributed by atoms with Crippen LogP contribution in [0.5, 0.6) is 11.5 Å². The van der Waals surface area contributed by atoms with Crippen molar-refractivity contribution in [1.29, 1.82) is 0 Å². The van der Waals surface area contributed by atoms with Gasteiger partial charge in [0.2, 0.25) is 0 Å². The Balaban J connectivity index is 1.28. The molecule has 29 heavy (non-hydrogen) atoms. The lowest BCUT2D eigenvalue weighted by atomic mass is 10.00. The molecule has 7 nitrogen and oxygen atoms in total. The van der Waals surface area contributed by atoms with E-state index in [9.17, 15) is 5.11 Å². The molecule has 2 heterocycles. The third-order valence-electron chi connectivity index (χ3n) is 5.17. The Bertz CT molecular complexity index is 871. The van der Waals surface area contributed by atoms with Gasteiger partial charge < -0.3 is 25.6 Å². The second-order valence-corrected chi connectivity index (χ2v) is 7.47. The molecular weight excluding hydrogens is 368 g/mol. The van der Waals surface area contributed by atoms with Crippen LogP contribution in [0.3, 0.4) is 0 Å². The largest absolute Gasteiger partial charge is 0.490 e. The zero-order chi connectivity index (χ0) is 20.1. The number of nitrogens with two attached hydrogens (primary N) is 1. The monoisotopic (exact) mass is 396 g/mol. The number of rotatable bonds is 5. The van der Waals surface area contributed by atoms with Gasteiger partial charge >= 0.3 is 0 Å². The lowest BCUT2D eigenvalue weighted by Crippen LogP contribution is -2.38. The van der Waals surface area contributed by atoms with Crippen LogP contribution in [0.25, 0.3) is 0 Å². The molecule has 1 unspecified atom stereocenters. The second-order valence-electron chi connectivity index (χ2n) is 7.47. The van der Waals surface area contributed by atoms with Gasteiger partial charge in [0, 0.05) is 37.8 Å². The first kappa shape index (κ1) is 19.5. The highest BCUT2D eigenvalue weighted by Gasteiger charge is 2.18. The molecule has 0 saturated heterocycles. The Labute approximate surface area is 171 Å². The number of aliphatic hydroxyl groups is 1. The van der Waals surface area contributed by atoms with Crippen LogP contribution in [-0.4, -0.2) is 54.9 Å². The summed E-state index contributed by atoms with van der Waals surface area (Å²) in [4.78, 5) is 6.55. The van der Waals surface area contributed by atoms with Crippen molar-refractivity contribution < 1.29 is 14.6 Å². The molecule has 0 aromatic heterocycles. The maximum atomic E-state index is 10.4. The number of fused-ring (bicyclic) bond motifs is 2. The minimum Gasteiger partial charge on any atom is -0.490 e. The molecule has 0 bridgehead atoms. The molecule has 0 amide bonds. The SMILES string of the molecule is NC(=NCC(O)CN1CCc2ccccc2C1)Nc1ccc2c(c1)OCCCO2. The fourth-order valence-electron chi connectivity index (χ4n) is 3.70. The Morgan fingerprint density at radius 2 is 1.93 bits per heavy atom. The maximum absolute atomic E-state index is 10.4. The number of nitrogens with one attached hydrogen (secondary N) is 1. The fraction of sp³-hybridized carbons (Fsp3) is 0.409. The van der Waals surface area contributed by atoms with Gasteiger partial charge in [-0.2, -0.15) is 0 Å². The second kappa shape index (κ2) is 9.15. The van der Waals surface area contributed by atoms with Gasteiger partial charge in [0.05, 0.1) is 25.9 Å². The predicted octanol–water partition coefficient (Wildman–Crippen LogP) is 1.99. The summed E-state index contributed by atoms with van der Waals surface area (Å²) in [6.07, 6.45) is 1.31. The predicted molar refractivity (Wildman–Crippen MR) is 114 cm³/mol. The van der Waals surface area contributed by atoms with Crippen LogP contribution in [0.4, 0.5) is 5.69 Å². The molecule has 2 aromatic rings. The van der Waals surface area contributed by atoms with Crippen molar-refractivity contribution in [2.24, 2.45) is 10.7 Å².